The summed E-state index contributed by atoms with van der Waals surface area (Å²) in [5.74, 6) is -0.625. The normalized spacial score (nSPS) is 10.2. The van der Waals surface area contributed by atoms with Crippen molar-refractivity contribution in [2.45, 2.75) is 0 Å². The highest BCUT2D eigenvalue weighted by atomic mass is 35.5. The summed E-state index contributed by atoms with van der Waals surface area (Å²) >= 11 is 12.0. The summed E-state index contributed by atoms with van der Waals surface area (Å²) in [5, 5.41) is 0.535. The van der Waals surface area contributed by atoms with Crippen LogP contribution in [0.1, 0.15) is 10.4 Å². The van der Waals surface area contributed by atoms with Crippen LogP contribution in [0.4, 0.5) is 0 Å². The van der Waals surface area contributed by atoms with Crippen molar-refractivity contribution in [1.29, 1.82) is 0 Å². The molecule has 0 unspecified atom stereocenters. The van der Waals surface area contributed by atoms with E-state index < -0.39 is 5.91 Å². The van der Waals surface area contributed by atoms with Crippen molar-refractivity contribution in [3.8, 4) is 11.1 Å². The van der Waals surface area contributed by atoms with E-state index in [0.717, 1.165) is 11.1 Å². The Morgan fingerprint density at radius 1 is 0.941 bits per heavy atom. The molecular formula is C13H9Cl2NO. The van der Waals surface area contributed by atoms with Crippen LogP contribution in [0.15, 0.2) is 42.5 Å². The van der Waals surface area contributed by atoms with Crippen molar-refractivity contribution >= 4 is 29.1 Å². The number of halogens is 2. The fraction of sp³-hybridized carbons (Fsp3) is 0. The van der Waals surface area contributed by atoms with Gasteiger partial charge in [-0.25, -0.2) is 0 Å². The lowest BCUT2D eigenvalue weighted by molar-refractivity contribution is 0.100. The molecule has 0 saturated heterocycles. The molecule has 2 aromatic rings. The molecule has 0 aliphatic rings. The molecule has 0 aromatic heterocycles. The smallest absolute Gasteiger partial charge is 0.251 e. The second kappa shape index (κ2) is 4.78. The van der Waals surface area contributed by atoms with Crippen LogP contribution in [0.2, 0.25) is 10.0 Å². The SMILES string of the molecule is NC(=O)c1c(Cl)cc(-c2ccccc2)cc1Cl. The van der Waals surface area contributed by atoms with Crippen LogP contribution >= 0.6 is 23.2 Å². The maximum absolute atomic E-state index is 11.1. The number of hydrogen-bond donors (Lipinski definition) is 1. The lowest BCUT2D eigenvalue weighted by Gasteiger charge is -2.07. The molecule has 2 aromatic carbocycles. The molecule has 86 valence electrons. The number of rotatable bonds is 2. The Morgan fingerprint density at radius 3 is 1.94 bits per heavy atom. The van der Waals surface area contributed by atoms with E-state index in [1.165, 1.54) is 0 Å². The minimum Gasteiger partial charge on any atom is -0.366 e. The van der Waals surface area contributed by atoms with Gasteiger partial charge < -0.3 is 5.73 Å². The van der Waals surface area contributed by atoms with Gasteiger partial charge in [0.05, 0.1) is 15.6 Å². The molecule has 0 heterocycles. The van der Waals surface area contributed by atoms with E-state index in [9.17, 15) is 4.79 Å². The third-order valence-electron chi connectivity index (χ3n) is 2.40. The highest BCUT2D eigenvalue weighted by molar-refractivity contribution is 6.40. The number of carbonyl (C=O) groups excluding carboxylic acids is 1. The first kappa shape index (κ1) is 12.0. The lowest BCUT2D eigenvalue weighted by Crippen LogP contribution is -2.12. The second-order valence-corrected chi connectivity index (χ2v) is 4.36. The molecule has 2 rings (SSSR count). The fourth-order valence-corrected chi connectivity index (χ4v) is 2.28. The van der Waals surface area contributed by atoms with Crippen LogP contribution < -0.4 is 5.73 Å². The van der Waals surface area contributed by atoms with Crippen LogP contribution in [0.5, 0.6) is 0 Å². The van der Waals surface area contributed by atoms with Gasteiger partial charge in [-0.3, -0.25) is 4.79 Å². The predicted octanol–water partition coefficient (Wildman–Crippen LogP) is 3.76. The molecule has 4 heteroatoms. The monoisotopic (exact) mass is 265 g/mol. The van der Waals surface area contributed by atoms with E-state index in [4.69, 9.17) is 28.9 Å². The number of amides is 1. The first-order valence-corrected chi connectivity index (χ1v) is 5.69. The van der Waals surface area contributed by atoms with E-state index in [2.05, 4.69) is 0 Å². The molecule has 2 nitrogen and oxygen atoms in total. The Labute approximate surface area is 109 Å². The first-order chi connectivity index (χ1) is 8.09. The number of primary amides is 1. The minimum atomic E-state index is -0.625. The third kappa shape index (κ3) is 2.43. The van der Waals surface area contributed by atoms with Gasteiger partial charge in [-0.15, -0.1) is 0 Å². The summed E-state index contributed by atoms with van der Waals surface area (Å²) in [5.41, 5.74) is 7.19. The Morgan fingerprint density at radius 2 is 1.47 bits per heavy atom. The first-order valence-electron chi connectivity index (χ1n) is 4.94. The van der Waals surface area contributed by atoms with Crippen LogP contribution in [-0.4, -0.2) is 5.91 Å². The molecule has 0 saturated carbocycles. The van der Waals surface area contributed by atoms with Gasteiger partial charge in [0.2, 0.25) is 0 Å². The van der Waals surface area contributed by atoms with Gasteiger partial charge in [0.15, 0.2) is 0 Å². The van der Waals surface area contributed by atoms with Crippen molar-refractivity contribution in [2.75, 3.05) is 0 Å². The maximum Gasteiger partial charge on any atom is 0.251 e. The summed E-state index contributed by atoms with van der Waals surface area (Å²) in [6, 6.07) is 13.0. The van der Waals surface area contributed by atoms with Crippen molar-refractivity contribution in [3.05, 3.63) is 58.1 Å². The van der Waals surface area contributed by atoms with Gasteiger partial charge in [0.25, 0.3) is 5.91 Å². The van der Waals surface area contributed by atoms with Crippen LogP contribution in [0, 0.1) is 0 Å². The van der Waals surface area contributed by atoms with Gasteiger partial charge in [0, 0.05) is 0 Å². The van der Waals surface area contributed by atoms with Crippen molar-refractivity contribution in [2.24, 2.45) is 5.73 Å². The topological polar surface area (TPSA) is 43.1 Å². The zero-order chi connectivity index (χ0) is 12.4. The second-order valence-electron chi connectivity index (χ2n) is 3.55. The molecule has 0 aliphatic heterocycles. The summed E-state index contributed by atoms with van der Waals surface area (Å²) in [6.07, 6.45) is 0. The molecule has 2 N–H and O–H groups in total. The number of hydrogen-bond acceptors (Lipinski definition) is 1. The van der Waals surface area contributed by atoms with E-state index in [1.54, 1.807) is 12.1 Å². The molecule has 0 bridgehead atoms. The Bertz CT molecular complexity index is 544. The molecule has 17 heavy (non-hydrogen) atoms. The maximum atomic E-state index is 11.1. The number of benzene rings is 2. The molecule has 0 fully saturated rings. The van der Waals surface area contributed by atoms with Crippen molar-refractivity contribution in [3.63, 3.8) is 0 Å². The highest BCUT2D eigenvalue weighted by Gasteiger charge is 2.13. The van der Waals surface area contributed by atoms with Gasteiger partial charge in [-0.1, -0.05) is 53.5 Å². The lowest BCUT2D eigenvalue weighted by atomic mass is 10.0. The standard InChI is InChI=1S/C13H9Cl2NO/c14-10-6-9(8-4-2-1-3-5-8)7-11(15)12(10)13(16)17/h1-7H,(H2,16,17). The molecule has 1 amide bonds. The van der Waals surface area contributed by atoms with Crippen LogP contribution in [0.25, 0.3) is 11.1 Å². The third-order valence-corrected chi connectivity index (χ3v) is 2.99. The number of carbonyl (C=O) groups is 1. The zero-order valence-corrected chi connectivity index (χ0v) is 10.3. The van der Waals surface area contributed by atoms with Gasteiger partial charge in [-0.05, 0) is 23.3 Å². The average Bonchev–Trinajstić information content (AvgIpc) is 2.28. The molecule has 0 radical (unpaired) electrons. The fourth-order valence-electron chi connectivity index (χ4n) is 1.61. The predicted molar refractivity (Wildman–Crippen MR) is 70.4 cm³/mol. The van der Waals surface area contributed by atoms with Crippen molar-refractivity contribution < 1.29 is 4.79 Å². The van der Waals surface area contributed by atoms with E-state index in [1.807, 2.05) is 30.3 Å². The van der Waals surface area contributed by atoms with E-state index >= 15 is 0 Å². The average molecular weight is 266 g/mol. The molecule has 0 aliphatic carbocycles. The summed E-state index contributed by atoms with van der Waals surface area (Å²) < 4.78 is 0. The van der Waals surface area contributed by atoms with Crippen LogP contribution in [-0.2, 0) is 0 Å². The van der Waals surface area contributed by atoms with E-state index in [0.29, 0.717) is 0 Å². The minimum absolute atomic E-state index is 0.160. The molecule has 0 atom stereocenters. The largest absolute Gasteiger partial charge is 0.366 e. The Kier molecular flexibility index (Phi) is 3.36. The molecular weight excluding hydrogens is 257 g/mol. The van der Waals surface area contributed by atoms with Crippen LogP contribution in [0.3, 0.4) is 0 Å². The summed E-state index contributed by atoms with van der Waals surface area (Å²) in [7, 11) is 0. The molecule has 0 spiro atoms. The van der Waals surface area contributed by atoms with Gasteiger partial charge in [0.1, 0.15) is 0 Å². The van der Waals surface area contributed by atoms with Gasteiger partial charge in [-0.2, -0.15) is 0 Å². The highest BCUT2D eigenvalue weighted by Crippen LogP contribution is 2.31. The quantitative estimate of drug-likeness (QED) is 0.883. The van der Waals surface area contributed by atoms with E-state index in [-0.39, 0.29) is 15.6 Å². The Hall–Kier alpha value is -1.51. The summed E-state index contributed by atoms with van der Waals surface area (Å²) in [4.78, 5) is 11.1. The Balaban J connectivity index is 2.57. The zero-order valence-electron chi connectivity index (χ0n) is 8.78. The van der Waals surface area contributed by atoms with Crippen molar-refractivity contribution in [1.82, 2.24) is 0 Å². The van der Waals surface area contributed by atoms with Gasteiger partial charge >= 0.3 is 0 Å². The summed E-state index contributed by atoms with van der Waals surface area (Å²) in [6.45, 7) is 0. The number of nitrogens with two attached hydrogens (primary N) is 1.